The third-order valence-electron chi connectivity index (χ3n) is 5.27. The number of nitrogens with one attached hydrogen (secondary N) is 1. The Morgan fingerprint density at radius 3 is 2.16 bits per heavy atom. The molecule has 0 aromatic heterocycles. The number of methoxy groups -OCH3 is 2. The van der Waals surface area contributed by atoms with E-state index in [1.165, 1.54) is 5.56 Å². The van der Waals surface area contributed by atoms with Crippen molar-refractivity contribution in [1.82, 2.24) is 5.32 Å². The Labute approximate surface area is 149 Å². The van der Waals surface area contributed by atoms with Crippen LogP contribution in [0.15, 0.2) is 42.5 Å². The van der Waals surface area contributed by atoms with Crippen LogP contribution in [0, 0.1) is 12.3 Å². The molecule has 2 aromatic rings. The molecule has 0 radical (unpaired) electrons. The molecule has 4 nitrogen and oxygen atoms in total. The molecule has 0 saturated heterocycles. The lowest BCUT2D eigenvalue weighted by Crippen LogP contribution is -2.29. The van der Waals surface area contributed by atoms with Gasteiger partial charge in [-0.2, -0.15) is 0 Å². The van der Waals surface area contributed by atoms with Gasteiger partial charge in [0, 0.05) is 17.5 Å². The van der Waals surface area contributed by atoms with E-state index in [1.807, 2.05) is 37.3 Å². The molecule has 0 aliphatic heterocycles. The van der Waals surface area contributed by atoms with Crippen LogP contribution in [0.5, 0.6) is 11.5 Å². The number of carbonyl (C=O) groups is 1. The normalized spacial score (nSPS) is 20.7. The molecule has 0 bridgehead atoms. The number of hydrogen-bond acceptors (Lipinski definition) is 3. The maximum atomic E-state index is 12.7. The number of ether oxygens (including phenoxy) is 2. The van der Waals surface area contributed by atoms with Crippen LogP contribution < -0.4 is 14.8 Å². The highest BCUT2D eigenvalue weighted by Gasteiger charge is 2.59. The summed E-state index contributed by atoms with van der Waals surface area (Å²) in [4.78, 5) is 12.7. The van der Waals surface area contributed by atoms with Crippen molar-refractivity contribution in [2.24, 2.45) is 5.41 Å². The molecular weight excluding hydrogens is 314 g/mol. The molecule has 2 aromatic carbocycles. The van der Waals surface area contributed by atoms with E-state index in [9.17, 15) is 4.79 Å². The highest BCUT2D eigenvalue weighted by molar-refractivity contribution is 5.96. The largest absolute Gasteiger partial charge is 0.497 e. The summed E-state index contributed by atoms with van der Waals surface area (Å²) in [5.74, 6) is 1.88. The van der Waals surface area contributed by atoms with Gasteiger partial charge in [-0.25, -0.2) is 0 Å². The third kappa shape index (κ3) is 3.21. The van der Waals surface area contributed by atoms with E-state index >= 15 is 0 Å². The quantitative estimate of drug-likeness (QED) is 0.898. The van der Waals surface area contributed by atoms with E-state index in [0.29, 0.717) is 11.5 Å². The number of amides is 1. The molecule has 1 aliphatic rings. The SMILES string of the molecule is COc1ccc([C@H]2[C@H](NC(=O)c3ccc(OC)cc3C)C2(C)C)cc1. The van der Waals surface area contributed by atoms with E-state index in [4.69, 9.17) is 9.47 Å². The number of benzene rings is 2. The zero-order valence-electron chi connectivity index (χ0n) is 15.4. The predicted molar refractivity (Wildman–Crippen MR) is 98.5 cm³/mol. The zero-order valence-corrected chi connectivity index (χ0v) is 15.4. The van der Waals surface area contributed by atoms with Crippen molar-refractivity contribution >= 4 is 5.91 Å². The highest BCUT2D eigenvalue weighted by Crippen LogP contribution is 2.58. The summed E-state index contributed by atoms with van der Waals surface area (Å²) in [7, 11) is 3.29. The molecule has 25 heavy (non-hydrogen) atoms. The molecule has 0 heterocycles. The summed E-state index contributed by atoms with van der Waals surface area (Å²) in [6.07, 6.45) is 0. The Morgan fingerprint density at radius 1 is 1.00 bits per heavy atom. The summed E-state index contributed by atoms with van der Waals surface area (Å²) in [5.41, 5.74) is 2.86. The van der Waals surface area contributed by atoms with Crippen LogP contribution in [0.2, 0.25) is 0 Å². The first-order chi connectivity index (χ1) is 11.9. The maximum Gasteiger partial charge on any atom is 0.251 e. The first-order valence-electron chi connectivity index (χ1n) is 8.48. The zero-order chi connectivity index (χ0) is 18.2. The Balaban J connectivity index is 1.75. The summed E-state index contributed by atoms with van der Waals surface area (Å²) in [6.45, 7) is 6.30. The van der Waals surface area contributed by atoms with Crippen molar-refractivity contribution in [2.45, 2.75) is 32.7 Å². The van der Waals surface area contributed by atoms with Crippen LogP contribution in [0.4, 0.5) is 0 Å². The van der Waals surface area contributed by atoms with Gasteiger partial charge >= 0.3 is 0 Å². The first-order valence-corrected chi connectivity index (χ1v) is 8.48. The first kappa shape index (κ1) is 17.3. The molecule has 132 valence electrons. The smallest absolute Gasteiger partial charge is 0.251 e. The molecule has 3 rings (SSSR count). The molecule has 1 N–H and O–H groups in total. The number of aryl methyl sites for hydroxylation is 1. The minimum Gasteiger partial charge on any atom is -0.497 e. The van der Waals surface area contributed by atoms with E-state index < -0.39 is 0 Å². The molecule has 1 amide bonds. The van der Waals surface area contributed by atoms with Gasteiger partial charge in [-0.3, -0.25) is 4.79 Å². The average molecular weight is 339 g/mol. The molecule has 0 spiro atoms. The number of rotatable bonds is 5. The highest BCUT2D eigenvalue weighted by atomic mass is 16.5. The van der Waals surface area contributed by atoms with Crippen LogP contribution in [0.3, 0.4) is 0 Å². The topological polar surface area (TPSA) is 47.6 Å². The molecule has 4 heteroatoms. The fourth-order valence-electron chi connectivity index (χ4n) is 3.58. The number of carbonyl (C=O) groups excluding carboxylic acids is 1. The minimum atomic E-state index is -0.0331. The Kier molecular flexibility index (Phi) is 4.46. The van der Waals surface area contributed by atoms with Gasteiger partial charge in [-0.1, -0.05) is 26.0 Å². The molecule has 1 aliphatic carbocycles. The van der Waals surface area contributed by atoms with Crippen LogP contribution >= 0.6 is 0 Å². The fraction of sp³-hybridized carbons (Fsp3) is 0.381. The Hall–Kier alpha value is -2.49. The van der Waals surface area contributed by atoms with E-state index in [0.717, 1.165) is 17.1 Å². The second-order valence-electron chi connectivity index (χ2n) is 7.20. The lowest BCUT2D eigenvalue weighted by molar-refractivity contribution is 0.0945. The van der Waals surface area contributed by atoms with Crippen molar-refractivity contribution in [3.63, 3.8) is 0 Å². The van der Waals surface area contributed by atoms with Gasteiger partial charge in [0.2, 0.25) is 0 Å². The van der Waals surface area contributed by atoms with Gasteiger partial charge in [-0.05, 0) is 53.8 Å². The summed E-state index contributed by atoms with van der Waals surface area (Å²) in [5, 5.41) is 3.20. The molecular formula is C21H25NO3. The van der Waals surface area contributed by atoms with Crippen molar-refractivity contribution < 1.29 is 14.3 Å². The standard InChI is InChI=1S/C21H25NO3/c1-13-12-16(25-5)10-11-17(13)20(23)22-19-18(21(19,2)3)14-6-8-15(24-4)9-7-14/h6-12,18-19H,1-5H3,(H,22,23)/t18-,19-/m0/s1. The van der Waals surface area contributed by atoms with Crippen molar-refractivity contribution in [1.29, 1.82) is 0 Å². The van der Waals surface area contributed by atoms with Crippen LogP contribution in [0.1, 0.15) is 41.3 Å². The van der Waals surface area contributed by atoms with Gasteiger partial charge in [0.25, 0.3) is 5.91 Å². The van der Waals surface area contributed by atoms with E-state index in [2.05, 4.69) is 31.3 Å². The molecule has 2 atom stereocenters. The van der Waals surface area contributed by atoms with E-state index in [-0.39, 0.29) is 17.4 Å². The lowest BCUT2D eigenvalue weighted by atomic mass is 10.0. The van der Waals surface area contributed by atoms with Crippen molar-refractivity contribution in [3.8, 4) is 11.5 Å². The Morgan fingerprint density at radius 2 is 1.60 bits per heavy atom. The van der Waals surface area contributed by atoms with Gasteiger partial charge < -0.3 is 14.8 Å². The summed E-state index contributed by atoms with van der Waals surface area (Å²) in [6, 6.07) is 13.7. The number of hydrogen-bond donors (Lipinski definition) is 1. The fourth-order valence-corrected chi connectivity index (χ4v) is 3.58. The molecule has 1 saturated carbocycles. The second-order valence-corrected chi connectivity index (χ2v) is 7.20. The molecule has 1 fully saturated rings. The van der Waals surface area contributed by atoms with Crippen LogP contribution in [-0.2, 0) is 0 Å². The van der Waals surface area contributed by atoms with Crippen molar-refractivity contribution in [3.05, 3.63) is 59.2 Å². The predicted octanol–water partition coefficient (Wildman–Crippen LogP) is 3.93. The Bertz CT molecular complexity index is 780. The van der Waals surface area contributed by atoms with E-state index in [1.54, 1.807) is 14.2 Å². The van der Waals surface area contributed by atoms with Crippen LogP contribution in [0.25, 0.3) is 0 Å². The third-order valence-corrected chi connectivity index (χ3v) is 5.27. The molecule has 0 unspecified atom stereocenters. The summed E-state index contributed by atoms with van der Waals surface area (Å²) >= 11 is 0. The van der Waals surface area contributed by atoms with Gasteiger partial charge in [-0.15, -0.1) is 0 Å². The van der Waals surface area contributed by atoms with Gasteiger partial charge in [0.1, 0.15) is 11.5 Å². The monoisotopic (exact) mass is 339 g/mol. The van der Waals surface area contributed by atoms with Crippen molar-refractivity contribution in [2.75, 3.05) is 14.2 Å². The van der Waals surface area contributed by atoms with Gasteiger partial charge in [0.15, 0.2) is 0 Å². The second kappa shape index (κ2) is 6.43. The van der Waals surface area contributed by atoms with Crippen LogP contribution in [-0.4, -0.2) is 26.2 Å². The van der Waals surface area contributed by atoms with Gasteiger partial charge in [0.05, 0.1) is 14.2 Å². The maximum absolute atomic E-state index is 12.7. The average Bonchev–Trinajstić information content (AvgIpc) is 3.14. The lowest BCUT2D eigenvalue weighted by Gasteiger charge is -2.10. The summed E-state index contributed by atoms with van der Waals surface area (Å²) < 4.78 is 10.4. The minimum absolute atomic E-state index is 0.0324.